The number of urea groups is 1. The molecule has 1 aromatic heterocycles. The Kier molecular flexibility index (Phi) is 4.21. The number of benzene rings is 1. The summed E-state index contributed by atoms with van der Waals surface area (Å²) in [5, 5.41) is 13.9. The van der Waals surface area contributed by atoms with Gasteiger partial charge in [0.1, 0.15) is 0 Å². The van der Waals surface area contributed by atoms with E-state index in [9.17, 15) is 14.4 Å². The van der Waals surface area contributed by atoms with Gasteiger partial charge in [0.05, 0.1) is 11.3 Å². The lowest BCUT2D eigenvalue weighted by molar-refractivity contribution is 0.0698. The number of amides is 2. The number of aromatic amines is 1. The van der Waals surface area contributed by atoms with Gasteiger partial charge in [-0.25, -0.2) is 14.6 Å². The van der Waals surface area contributed by atoms with Crippen molar-refractivity contribution in [3.05, 3.63) is 51.4 Å². The summed E-state index contributed by atoms with van der Waals surface area (Å²) in [5.74, 6) is -1.17. The van der Waals surface area contributed by atoms with Crippen molar-refractivity contribution in [3.8, 4) is 0 Å². The van der Waals surface area contributed by atoms with Crippen molar-refractivity contribution in [1.29, 1.82) is 0 Å². The number of carbonyl (C=O) groups is 2. The van der Waals surface area contributed by atoms with Gasteiger partial charge in [0.25, 0.3) is 5.56 Å². The summed E-state index contributed by atoms with van der Waals surface area (Å²) in [7, 11) is 0. The molecule has 22 heavy (non-hydrogen) atoms. The third kappa shape index (κ3) is 3.69. The predicted molar refractivity (Wildman–Crippen MR) is 80.4 cm³/mol. The first-order valence-corrected chi connectivity index (χ1v) is 6.35. The second kappa shape index (κ2) is 6.08. The fourth-order valence-corrected chi connectivity index (χ4v) is 1.84. The summed E-state index contributed by atoms with van der Waals surface area (Å²) >= 11 is 0. The van der Waals surface area contributed by atoms with Crippen molar-refractivity contribution in [2.75, 3.05) is 10.6 Å². The van der Waals surface area contributed by atoms with Gasteiger partial charge in [-0.15, -0.1) is 0 Å². The molecule has 114 valence electrons. The Hall–Kier alpha value is -3.16. The van der Waals surface area contributed by atoms with Crippen LogP contribution in [0.3, 0.4) is 0 Å². The van der Waals surface area contributed by atoms with E-state index < -0.39 is 17.6 Å². The number of aryl methyl sites for hydroxylation is 2. The molecule has 2 aromatic rings. The topological polar surface area (TPSA) is 124 Å². The van der Waals surface area contributed by atoms with Gasteiger partial charge in [-0.1, -0.05) is 11.6 Å². The van der Waals surface area contributed by atoms with Gasteiger partial charge in [-0.2, -0.15) is 0 Å². The summed E-state index contributed by atoms with van der Waals surface area (Å²) < 4.78 is 0. The molecular formula is C14H14N4O4. The summed E-state index contributed by atoms with van der Waals surface area (Å²) in [6.45, 7) is 3.36. The molecule has 2 amide bonds. The zero-order valence-electron chi connectivity index (χ0n) is 11.9. The molecule has 1 aromatic carbocycles. The second-order valence-corrected chi connectivity index (χ2v) is 4.67. The Morgan fingerprint density at radius 3 is 2.55 bits per heavy atom. The largest absolute Gasteiger partial charge is 0.478 e. The maximum atomic E-state index is 11.9. The minimum Gasteiger partial charge on any atom is -0.478 e. The number of nitrogens with zero attached hydrogens (tertiary/aromatic N) is 1. The molecule has 0 aliphatic carbocycles. The van der Waals surface area contributed by atoms with Crippen LogP contribution < -0.4 is 16.2 Å². The molecule has 0 bridgehead atoms. The first-order valence-electron chi connectivity index (χ1n) is 6.35. The van der Waals surface area contributed by atoms with Gasteiger partial charge < -0.3 is 10.4 Å². The van der Waals surface area contributed by atoms with E-state index in [0.717, 1.165) is 5.56 Å². The van der Waals surface area contributed by atoms with Crippen LogP contribution in [0.2, 0.25) is 0 Å². The number of H-pyrrole nitrogens is 1. The van der Waals surface area contributed by atoms with Gasteiger partial charge in [-0.3, -0.25) is 15.1 Å². The van der Waals surface area contributed by atoms with Crippen LogP contribution in [0.15, 0.2) is 29.1 Å². The Balaban J connectivity index is 2.19. The highest BCUT2D eigenvalue weighted by Gasteiger charge is 2.13. The number of carboxylic acid groups (broad SMARTS) is 1. The van der Waals surface area contributed by atoms with Crippen molar-refractivity contribution in [3.63, 3.8) is 0 Å². The number of aromatic carboxylic acids is 1. The molecule has 0 aliphatic rings. The van der Waals surface area contributed by atoms with E-state index in [1.807, 2.05) is 0 Å². The van der Waals surface area contributed by atoms with Crippen LogP contribution in [0.4, 0.5) is 16.4 Å². The van der Waals surface area contributed by atoms with E-state index in [0.29, 0.717) is 5.69 Å². The Morgan fingerprint density at radius 1 is 1.18 bits per heavy atom. The molecule has 0 saturated heterocycles. The number of carbonyl (C=O) groups excluding carboxylic acids is 1. The van der Waals surface area contributed by atoms with Crippen LogP contribution in [-0.2, 0) is 0 Å². The monoisotopic (exact) mass is 302 g/mol. The van der Waals surface area contributed by atoms with Crippen molar-refractivity contribution in [2.45, 2.75) is 13.8 Å². The van der Waals surface area contributed by atoms with E-state index in [4.69, 9.17) is 5.11 Å². The molecule has 0 radical (unpaired) electrons. The van der Waals surface area contributed by atoms with E-state index in [1.54, 1.807) is 19.9 Å². The number of hydrogen-bond donors (Lipinski definition) is 4. The normalized spacial score (nSPS) is 10.1. The molecule has 0 aliphatic heterocycles. The summed E-state index contributed by atoms with van der Waals surface area (Å²) in [6.07, 6.45) is 0. The number of carboxylic acids is 1. The third-order valence-electron chi connectivity index (χ3n) is 2.76. The van der Waals surface area contributed by atoms with Gasteiger partial charge >= 0.3 is 12.0 Å². The average molecular weight is 302 g/mol. The van der Waals surface area contributed by atoms with E-state index in [1.165, 1.54) is 18.2 Å². The van der Waals surface area contributed by atoms with Crippen LogP contribution in [0, 0.1) is 13.8 Å². The Bertz CT molecular complexity index is 798. The molecule has 8 heteroatoms. The van der Waals surface area contributed by atoms with E-state index >= 15 is 0 Å². The van der Waals surface area contributed by atoms with Gasteiger partial charge in [0.15, 0.2) is 0 Å². The molecule has 0 fully saturated rings. The minimum atomic E-state index is -1.15. The molecule has 0 atom stereocenters. The highest BCUT2D eigenvalue weighted by atomic mass is 16.4. The lowest BCUT2D eigenvalue weighted by atomic mass is 10.1. The minimum absolute atomic E-state index is 0.0218. The fraction of sp³-hybridized carbons (Fsp3) is 0.143. The van der Waals surface area contributed by atoms with Crippen molar-refractivity contribution < 1.29 is 14.7 Å². The van der Waals surface area contributed by atoms with Crippen LogP contribution in [0.1, 0.15) is 21.6 Å². The fourth-order valence-electron chi connectivity index (χ4n) is 1.84. The maximum absolute atomic E-state index is 11.9. The van der Waals surface area contributed by atoms with E-state index in [-0.39, 0.29) is 17.2 Å². The zero-order chi connectivity index (χ0) is 16.3. The standard InChI is InChI=1S/C14H14N4O4/c1-7-3-4-10(9(5-7)12(20)21)16-14(22)18-13-15-8(2)6-11(19)17-13/h3-6H,1-2H3,(H,20,21)(H3,15,16,17,18,19,22). The quantitative estimate of drug-likeness (QED) is 0.687. The molecule has 2 rings (SSSR count). The SMILES string of the molecule is Cc1ccc(NC(=O)Nc2nc(C)cc(=O)[nH]2)c(C(=O)O)c1. The molecule has 8 nitrogen and oxygen atoms in total. The summed E-state index contributed by atoms with van der Waals surface area (Å²) in [6, 6.07) is 5.19. The van der Waals surface area contributed by atoms with Crippen LogP contribution in [-0.4, -0.2) is 27.1 Å². The highest BCUT2D eigenvalue weighted by molar-refractivity contribution is 6.04. The first-order chi connectivity index (χ1) is 10.3. The highest BCUT2D eigenvalue weighted by Crippen LogP contribution is 2.17. The second-order valence-electron chi connectivity index (χ2n) is 4.67. The number of anilines is 2. The van der Waals surface area contributed by atoms with Crippen LogP contribution >= 0.6 is 0 Å². The Labute approximate surface area is 125 Å². The lowest BCUT2D eigenvalue weighted by Crippen LogP contribution is -2.24. The lowest BCUT2D eigenvalue weighted by Gasteiger charge is -2.10. The molecule has 0 saturated carbocycles. The van der Waals surface area contributed by atoms with Crippen molar-refractivity contribution >= 4 is 23.6 Å². The zero-order valence-corrected chi connectivity index (χ0v) is 11.9. The Morgan fingerprint density at radius 2 is 1.91 bits per heavy atom. The number of nitrogens with one attached hydrogen (secondary N) is 3. The molecule has 0 unspecified atom stereocenters. The maximum Gasteiger partial charge on any atom is 0.337 e. The summed E-state index contributed by atoms with van der Waals surface area (Å²) in [5.41, 5.74) is 0.921. The molecule has 4 N–H and O–H groups in total. The predicted octanol–water partition coefficient (Wildman–Crippen LogP) is 1.73. The van der Waals surface area contributed by atoms with Gasteiger partial charge in [-0.05, 0) is 26.0 Å². The van der Waals surface area contributed by atoms with Gasteiger partial charge in [0.2, 0.25) is 5.95 Å². The number of rotatable bonds is 3. The first kappa shape index (κ1) is 15.2. The van der Waals surface area contributed by atoms with Crippen molar-refractivity contribution in [1.82, 2.24) is 9.97 Å². The summed E-state index contributed by atoms with van der Waals surface area (Å²) in [4.78, 5) is 40.6. The smallest absolute Gasteiger partial charge is 0.337 e. The molecular weight excluding hydrogens is 288 g/mol. The van der Waals surface area contributed by atoms with Gasteiger partial charge in [0, 0.05) is 11.8 Å². The van der Waals surface area contributed by atoms with Crippen molar-refractivity contribution in [2.24, 2.45) is 0 Å². The number of hydrogen-bond acceptors (Lipinski definition) is 4. The third-order valence-corrected chi connectivity index (χ3v) is 2.76. The van der Waals surface area contributed by atoms with E-state index in [2.05, 4.69) is 20.6 Å². The van der Waals surface area contributed by atoms with Crippen LogP contribution in [0.5, 0.6) is 0 Å². The average Bonchev–Trinajstić information content (AvgIpc) is 2.39. The number of aromatic nitrogens is 2. The van der Waals surface area contributed by atoms with Crippen LogP contribution in [0.25, 0.3) is 0 Å². The molecule has 1 heterocycles. The molecule has 0 spiro atoms.